The van der Waals surface area contributed by atoms with E-state index < -0.39 is 27.4 Å². The topological polar surface area (TPSA) is 90.4 Å². The number of sulfone groups is 1. The van der Waals surface area contributed by atoms with Crippen molar-refractivity contribution in [2.75, 3.05) is 25.7 Å². The van der Waals surface area contributed by atoms with Crippen molar-refractivity contribution >= 4 is 20.9 Å². The van der Waals surface area contributed by atoms with Crippen molar-refractivity contribution in [2.24, 2.45) is 0 Å². The quantitative estimate of drug-likeness (QED) is 0.405. The first-order chi connectivity index (χ1) is 16.2. The summed E-state index contributed by atoms with van der Waals surface area (Å²) in [4.78, 5) is 16.0. The van der Waals surface area contributed by atoms with Crippen LogP contribution < -0.4 is 15.2 Å². The van der Waals surface area contributed by atoms with E-state index in [4.69, 9.17) is 9.47 Å². The summed E-state index contributed by atoms with van der Waals surface area (Å²) in [6.07, 6.45) is 1.12. The van der Waals surface area contributed by atoms with Crippen LogP contribution in [0.1, 0.15) is 18.5 Å². The van der Waals surface area contributed by atoms with Crippen molar-refractivity contribution in [3.63, 3.8) is 0 Å². The number of hydrogen-bond acceptors (Lipinski definition) is 5. The minimum Gasteiger partial charge on any atom is -0.493 e. The predicted octanol–water partition coefficient (Wildman–Crippen LogP) is 4.18. The minimum atomic E-state index is -3.50. The van der Waals surface area contributed by atoms with Gasteiger partial charge in [0, 0.05) is 17.4 Å². The van der Waals surface area contributed by atoms with Gasteiger partial charge < -0.3 is 14.5 Å². The zero-order valence-electron chi connectivity index (χ0n) is 19.0. The Morgan fingerprint density at radius 2 is 1.76 bits per heavy atom. The van der Waals surface area contributed by atoms with Gasteiger partial charge in [-0.3, -0.25) is 4.57 Å². The molecule has 0 aliphatic rings. The molecule has 1 N–H and O–H groups in total. The molecule has 3 aromatic carbocycles. The molecule has 178 valence electrons. The van der Waals surface area contributed by atoms with Gasteiger partial charge >= 0.3 is 5.69 Å². The van der Waals surface area contributed by atoms with Gasteiger partial charge in [-0.2, -0.15) is 0 Å². The molecule has 1 atom stereocenters. The maximum atomic E-state index is 14.5. The van der Waals surface area contributed by atoms with Crippen LogP contribution >= 0.6 is 0 Å². The Labute approximate surface area is 196 Å². The van der Waals surface area contributed by atoms with Gasteiger partial charge in [-0.1, -0.05) is 36.4 Å². The van der Waals surface area contributed by atoms with Gasteiger partial charge in [0.2, 0.25) is 0 Å². The van der Waals surface area contributed by atoms with Gasteiger partial charge in [0.1, 0.15) is 15.7 Å². The van der Waals surface area contributed by atoms with Gasteiger partial charge in [-0.05, 0) is 36.8 Å². The van der Waals surface area contributed by atoms with Crippen molar-refractivity contribution in [3.8, 4) is 22.6 Å². The number of benzene rings is 3. The van der Waals surface area contributed by atoms with Crippen LogP contribution in [0.15, 0.2) is 65.5 Å². The molecule has 0 amide bonds. The Kier molecular flexibility index (Phi) is 6.47. The largest absolute Gasteiger partial charge is 0.493 e. The second-order valence-electron chi connectivity index (χ2n) is 7.93. The van der Waals surface area contributed by atoms with Gasteiger partial charge in [-0.15, -0.1) is 0 Å². The van der Waals surface area contributed by atoms with Crippen LogP contribution in [0, 0.1) is 5.82 Å². The Hall–Kier alpha value is -3.59. The van der Waals surface area contributed by atoms with E-state index in [0.29, 0.717) is 45.8 Å². The lowest BCUT2D eigenvalue weighted by Crippen LogP contribution is -2.28. The van der Waals surface area contributed by atoms with E-state index in [1.54, 1.807) is 54.6 Å². The fraction of sp³-hybridized carbons (Fsp3) is 0.240. The van der Waals surface area contributed by atoms with Crippen molar-refractivity contribution < 1.29 is 22.3 Å². The maximum absolute atomic E-state index is 14.5. The van der Waals surface area contributed by atoms with Crippen LogP contribution in [0.4, 0.5) is 4.39 Å². The number of para-hydroxylation sites is 1. The maximum Gasteiger partial charge on any atom is 0.327 e. The Balaban J connectivity index is 1.96. The molecular formula is C25H25FN2O5S. The predicted molar refractivity (Wildman–Crippen MR) is 130 cm³/mol. The standard InChI is InChI=1S/C25H25FN2O5S/c1-4-33-23-14-16(12-13-22(23)32-2)21(15-34(3,30)31)28-20-11-7-9-18(24(20)27-25(28)29)17-8-5-6-10-19(17)26/h5-14,21H,4,15H2,1-3H3,(H,27,29)/t21-/m0/s1. The second kappa shape index (κ2) is 9.34. The normalized spacial score (nSPS) is 12.6. The van der Waals surface area contributed by atoms with Crippen molar-refractivity contribution in [3.05, 3.63) is 82.5 Å². The Morgan fingerprint density at radius 3 is 2.44 bits per heavy atom. The number of fused-ring (bicyclic) bond motifs is 1. The summed E-state index contributed by atoms with van der Waals surface area (Å²) in [6, 6.07) is 15.6. The zero-order chi connectivity index (χ0) is 24.5. The molecule has 0 unspecified atom stereocenters. The highest BCUT2D eigenvalue weighted by Crippen LogP contribution is 2.34. The second-order valence-corrected chi connectivity index (χ2v) is 10.1. The van der Waals surface area contributed by atoms with Crippen LogP contribution in [0.5, 0.6) is 11.5 Å². The number of nitrogens with one attached hydrogen (secondary N) is 1. The number of methoxy groups -OCH3 is 1. The molecule has 9 heteroatoms. The van der Waals surface area contributed by atoms with E-state index in [1.165, 1.54) is 17.7 Å². The van der Waals surface area contributed by atoms with Crippen LogP contribution in [-0.4, -0.2) is 43.7 Å². The first kappa shape index (κ1) is 23.6. The summed E-state index contributed by atoms with van der Waals surface area (Å²) in [5.74, 6) is 0.201. The number of nitrogens with zero attached hydrogens (tertiary/aromatic N) is 1. The summed E-state index contributed by atoms with van der Waals surface area (Å²) in [7, 11) is -1.98. The van der Waals surface area contributed by atoms with Gasteiger partial charge in [0.05, 0.1) is 36.5 Å². The van der Waals surface area contributed by atoms with Crippen molar-refractivity contribution in [1.29, 1.82) is 0 Å². The molecule has 0 saturated heterocycles. The molecule has 0 fully saturated rings. The highest BCUT2D eigenvalue weighted by molar-refractivity contribution is 7.90. The molecule has 0 spiro atoms. The molecule has 7 nitrogen and oxygen atoms in total. The zero-order valence-corrected chi connectivity index (χ0v) is 19.9. The number of imidazole rings is 1. The van der Waals surface area contributed by atoms with Crippen LogP contribution in [0.3, 0.4) is 0 Å². The lowest BCUT2D eigenvalue weighted by Gasteiger charge is -2.20. The van der Waals surface area contributed by atoms with E-state index in [0.717, 1.165) is 6.26 Å². The number of aromatic amines is 1. The SMILES string of the molecule is CCOc1cc([C@H](CS(C)(=O)=O)n2c(=O)[nH]c3c(-c4ccccc4F)cccc32)ccc1OC. The summed E-state index contributed by atoms with van der Waals surface area (Å²) in [6.45, 7) is 2.21. The first-order valence-corrected chi connectivity index (χ1v) is 12.8. The smallest absolute Gasteiger partial charge is 0.327 e. The highest BCUT2D eigenvalue weighted by atomic mass is 32.2. The summed E-state index contributed by atoms with van der Waals surface area (Å²) in [5.41, 5.74) is 1.80. The van der Waals surface area contributed by atoms with E-state index >= 15 is 0 Å². The summed E-state index contributed by atoms with van der Waals surface area (Å²) < 4.78 is 51.7. The number of ether oxygens (including phenoxy) is 2. The molecule has 0 radical (unpaired) electrons. The molecule has 1 aromatic heterocycles. The molecule has 1 heterocycles. The van der Waals surface area contributed by atoms with E-state index in [1.807, 2.05) is 6.92 Å². The molecule has 4 rings (SSSR count). The Morgan fingerprint density at radius 1 is 1.03 bits per heavy atom. The molecule has 34 heavy (non-hydrogen) atoms. The summed E-state index contributed by atoms with van der Waals surface area (Å²) in [5, 5.41) is 0. The monoisotopic (exact) mass is 484 g/mol. The average molecular weight is 485 g/mol. The van der Waals surface area contributed by atoms with Crippen LogP contribution in [0.25, 0.3) is 22.2 Å². The molecular weight excluding hydrogens is 459 g/mol. The molecule has 4 aromatic rings. The molecule has 0 bridgehead atoms. The molecule has 0 aliphatic carbocycles. The average Bonchev–Trinajstić information content (AvgIpc) is 3.13. The van der Waals surface area contributed by atoms with Gasteiger partial charge in [0.15, 0.2) is 11.5 Å². The van der Waals surface area contributed by atoms with Crippen molar-refractivity contribution in [1.82, 2.24) is 9.55 Å². The third-order valence-electron chi connectivity index (χ3n) is 5.56. The number of aromatic nitrogens is 2. The first-order valence-electron chi connectivity index (χ1n) is 10.7. The van der Waals surface area contributed by atoms with Crippen molar-refractivity contribution in [2.45, 2.75) is 13.0 Å². The third kappa shape index (κ3) is 4.56. The molecule has 0 aliphatic heterocycles. The fourth-order valence-corrected chi connectivity index (χ4v) is 5.05. The van der Waals surface area contributed by atoms with E-state index in [9.17, 15) is 17.6 Å². The van der Waals surface area contributed by atoms with Gasteiger partial charge in [0.25, 0.3) is 0 Å². The lowest BCUT2D eigenvalue weighted by atomic mass is 10.0. The lowest BCUT2D eigenvalue weighted by molar-refractivity contribution is 0.310. The van der Waals surface area contributed by atoms with Crippen LogP contribution in [-0.2, 0) is 9.84 Å². The van der Waals surface area contributed by atoms with E-state index in [-0.39, 0.29) is 5.75 Å². The van der Waals surface area contributed by atoms with Gasteiger partial charge in [-0.25, -0.2) is 17.6 Å². The number of rotatable bonds is 8. The molecule has 0 saturated carbocycles. The van der Waals surface area contributed by atoms with E-state index in [2.05, 4.69) is 4.98 Å². The third-order valence-corrected chi connectivity index (χ3v) is 6.48. The number of hydrogen-bond donors (Lipinski definition) is 1. The highest BCUT2D eigenvalue weighted by Gasteiger charge is 2.26. The van der Waals surface area contributed by atoms with Crippen LogP contribution in [0.2, 0.25) is 0 Å². The Bertz CT molecular complexity index is 1510. The minimum absolute atomic E-state index is 0.318. The summed E-state index contributed by atoms with van der Waals surface area (Å²) >= 11 is 0. The fourth-order valence-electron chi connectivity index (χ4n) is 4.14. The number of halogens is 1. The number of H-pyrrole nitrogens is 1.